The molecule has 0 radical (unpaired) electrons. The molecule has 2 rings (SSSR count). The molecule has 0 saturated heterocycles. The number of anilines is 1. The molecule has 1 heterocycles. The van der Waals surface area contributed by atoms with Crippen LogP contribution in [-0.4, -0.2) is 13.0 Å². The van der Waals surface area contributed by atoms with Crippen LogP contribution in [-0.2, 0) is 0 Å². The lowest BCUT2D eigenvalue weighted by molar-refractivity contribution is 0.102. The molecule has 0 aliphatic rings. The Morgan fingerprint density at radius 2 is 2.06 bits per heavy atom. The highest BCUT2D eigenvalue weighted by molar-refractivity contribution is 6.04. The molecule has 0 bridgehead atoms. The van der Waals surface area contributed by atoms with E-state index in [0.717, 1.165) is 11.3 Å². The first-order valence-corrected chi connectivity index (χ1v) is 5.82. The summed E-state index contributed by atoms with van der Waals surface area (Å²) in [6.07, 6.45) is 2.91. The highest BCUT2D eigenvalue weighted by atomic mass is 16.3. The van der Waals surface area contributed by atoms with Gasteiger partial charge < -0.3 is 15.1 Å². The van der Waals surface area contributed by atoms with Crippen molar-refractivity contribution in [1.82, 2.24) is 5.32 Å². The summed E-state index contributed by atoms with van der Waals surface area (Å²) in [5.74, 6) is -0.167. The zero-order valence-corrected chi connectivity index (χ0v) is 10.4. The van der Waals surface area contributed by atoms with E-state index in [2.05, 4.69) is 10.6 Å². The molecule has 1 atom stereocenters. The van der Waals surface area contributed by atoms with Crippen molar-refractivity contribution in [2.45, 2.75) is 13.0 Å². The minimum absolute atomic E-state index is 0.167. The minimum Gasteiger partial charge on any atom is -0.472 e. The normalized spacial score (nSPS) is 12.1. The molecule has 1 aromatic carbocycles. The van der Waals surface area contributed by atoms with Crippen LogP contribution in [0.1, 0.15) is 28.9 Å². The van der Waals surface area contributed by atoms with Gasteiger partial charge in [-0.25, -0.2) is 0 Å². The van der Waals surface area contributed by atoms with E-state index in [9.17, 15) is 4.79 Å². The Hall–Kier alpha value is -2.07. The Morgan fingerprint density at radius 3 is 2.72 bits per heavy atom. The van der Waals surface area contributed by atoms with Gasteiger partial charge in [0.2, 0.25) is 0 Å². The van der Waals surface area contributed by atoms with Gasteiger partial charge in [-0.05, 0) is 31.7 Å². The number of hydrogen-bond acceptors (Lipinski definition) is 3. The number of amides is 1. The van der Waals surface area contributed by atoms with Gasteiger partial charge in [-0.1, -0.05) is 18.2 Å². The van der Waals surface area contributed by atoms with Crippen LogP contribution in [0.5, 0.6) is 0 Å². The number of furan rings is 1. The molecule has 1 unspecified atom stereocenters. The van der Waals surface area contributed by atoms with Crippen LogP contribution < -0.4 is 10.6 Å². The second-order valence-corrected chi connectivity index (χ2v) is 4.06. The highest BCUT2D eigenvalue weighted by Gasteiger charge is 2.12. The number of benzene rings is 1. The van der Waals surface area contributed by atoms with Crippen LogP contribution >= 0.6 is 0 Å². The lowest BCUT2D eigenvalue weighted by Crippen LogP contribution is -2.17. The third-order valence-corrected chi connectivity index (χ3v) is 2.89. The van der Waals surface area contributed by atoms with Crippen molar-refractivity contribution < 1.29 is 9.21 Å². The number of carbonyl (C=O) groups is 1. The summed E-state index contributed by atoms with van der Waals surface area (Å²) in [5, 5.41) is 6.05. The first kappa shape index (κ1) is 12.4. The average molecular weight is 244 g/mol. The van der Waals surface area contributed by atoms with Crippen molar-refractivity contribution in [3.8, 4) is 0 Å². The second-order valence-electron chi connectivity index (χ2n) is 4.06. The van der Waals surface area contributed by atoms with E-state index in [0.29, 0.717) is 5.56 Å². The lowest BCUT2D eigenvalue weighted by Gasteiger charge is -2.16. The third kappa shape index (κ3) is 2.60. The monoisotopic (exact) mass is 244 g/mol. The van der Waals surface area contributed by atoms with Crippen LogP contribution in [0.3, 0.4) is 0 Å². The molecule has 4 heteroatoms. The molecule has 0 saturated carbocycles. The fraction of sp³-hybridized carbons (Fsp3) is 0.214. The summed E-state index contributed by atoms with van der Waals surface area (Å²) in [4.78, 5) is 11.9. The number of hydrogen-bond donors (Lipinski definition) is 2. The van der Waals surface area contributed by atoms with Crippen molar-refractivity contribution in [3.05, 3.63) is 54.0 Å². The quantitative estimate of drug-likeness (QED) is 0.869. The molecule has 2 aromatic rings. The summed E-state index contributed by atoms with van der Waals surface area (Å²) in [5.41, 5.74) is 2.38. The third-order valence-electron chi connectivity index (χ3n) is 2.89. The maximum atomic E-state index is 11.9. The lowest BCUT2D eigenvalue weighted by atomic mass is 10.1. The number of nitrogens with one attached hydrogen (secondary N) is 2. The predicted octanol–water partition coefficient (Wildman–Crippen LogP) is 2.81. The number of para-hydroxylation sites is 1. The van der Waals surface area contributed by atoms with E-state index < -0.39 is 0 Å². The standard InChI is InChI=1S/C14H16N2O2/c1-10(15-2)12-5-3-4-6-13(12)16-14(17)11-7-8-18-9-11/h3-10,15H,1-2H3,(H,16,17). The molecule has 0 aliphatic heterocycles. The van der Waals surface area contributed by atoms with E-state index in [4.69, 9.17) is 4.42 Å². The Morgan fingerprint density at radius 1 is 1.28 bits per heavy atom. The molecule has 4 nitrogen and oxygen atoms in total. The molecular formula is C14H16N2O2. The zero-order valence-electron chi connectivity index (χ0n) is 10.4. The Balaban J connectivity index is 2.21. The maximum Gasteiger partial charge on any atom is 0.258 e. The number of rotatable bonds is 4. The molecule has 2 N–H and O–H groups in total. The SMILES string of the molecule is CNC(C)c1ccccc1NC(=O)c1ccoc1. The van der Waals surface area contributed by atoms with Gasteiger partial charge in [0.05, 0.1) is 11.8 Å². The Bertz CT molecular complexity index is 520. The van der Waals surface area contributed by atoms with Crippen LogP contribution in [0.15, 0.2) is 47.3 Å². The van der Waals surface area contributed by atoms with Crippen molar-refractivity contribution in [3.63, 3.8) is 0 Å². The van der Waals surface area contributed by atoms with Crippen molar-refractivity contribution in [2.24, 2.45) is 0 Å². The van der Waals surface area contributed by atoms with Gasteiger partial charge in [-0.3, -0.25) is 4.79 Å². The van der Waals surface area contributed by atoms with E-state index in [-0.39, 0.29) is 11.9 Å². The van der Waals surface area contributed by atoms with E-state index in [1.807, 2.05) is 38.2 Å². The summed E-state index contributed by atoms with van der Waals surface area (Å²) in [6, 6.07) is 9.55. The highest BCUT2D eigenvalue weighted by Crippen LogP contribution is 2.22. The molecule has 18 heavy (non-hydrogen) atoms. The van der Waals surface area contributed by atoms with E-state index >= 15 is 0 Å². The number of carbonyl (C=O) groups excluding carboxylic acids is 1. The average Bonchev–Trinajstić information content (AvgIpc) is 2.92. The second kappa shape index (κ2) is 5.51. The molecule has 1 amide bonds. The van der Waals surface area contributed by atoms with E-state index in [1.54, 1.807) is 6.07 Å². The summed E-state index contributed by atoms with van der Waals surface area (Å²) < 4.78 is 4.90. The van der Waals surface area contributed by atoms with Crippen molar-refractivity contribution >= 4 is 11.6 Å². The minimum atomic E-state index is -0.167. The molecular weight excluding hydrogens is 228 g/mol. The first-order chi connectivity index (χ1) is 8.72. The molecule has 0 spiro atoms. The predicted molar refractivity (Wildman–Crippen MR) is 70.6 cm³/mol. The topological polar surface area (TPSA) is 54.3 Å². The van der Waals surface area contributed by atoms with Gasteiger partial charge in [-0.15, -0.1) is 0 Å². The molecule has 94 valence electrons. The Kier molecular flexibility index (Phi) is 3.79. The van der Waals surface area contributed by atoms with Gasteiger partial charge in [0.1, 0.15) is 6.26 Å². The van der Waals surface area contributed by atoms with Crippen LogP contribution in [0, 0.1) is 0 Å². The van der Waals surface area contributed by atoms with Gasteiger partial charge >= 0.3 is 0 Å². The summed E-state index contributed by atoms with van der Waals surface area (Å²) in [6.45, 7) is 2.04. The molecule has 0 aliphatic carbocycles. The van der Waals surface area contributed by atoms with Gasteiger partial charge in [0.15, 0.2) is 0 Å². The van der Waals surface area contributed by atoms with Gasteiger partial charge in [0.25, 0.3) is 5.91 Å². The van der Waals surface area contributed by atoms with Crippen LogP contribution in [0.2, 0.25) is 0 Å². The van der Waals surface area contributed by atoms with Crippen LogP contribution in [0.4, 0.5) is 5.69 Å². The van der Waals surface area contributed by atoms with Gasteiger partial charge in [0, 0.05) is 11.7 Å². The summed E-state index contributed by atoms with van der Waals surface area (Å²) >= 11 is 0. The van der Waals surface area contributed by atoms with Crippen LogP contribution in [0.25, 0.3) is 0 Å². The maximum absolute atomic E-state index is 11.9. The largest absolute Gasteiger partial charge is 0.472 e. The fourth-order valence-electron chi connectivity index (χ4n) is 1.73. The summed E-state index contributed by atoms with van der Waals surface area (Å²) in [7, 11) is 1.89. The van der Waals surface area contributed by atoms with E-state index in [1.165, 1.54) is 12.5 Å². The molecule has 1 aromatic heterocycles. The first-order valence-electron chi connectivity index (χ1n) is 5.82. The smallest absolute Gasteiger partial charge is 0.258 e. The fourth-order valence-corrected chi connectivity index (χ4v) is 1.73. The van der Waals surface area contributed by atoms with Crippen molar-refractivity contribution in [1.29, 1.82) is 0 Å². The van der Waals surface area contributed by atoms with Gasteiger partial charge in [-0.2, -0.15) is 0 Å². The molecule has 0 fully saturated rings. The Labute approximate surface area is 106 Å². The van der Waals surface area contributed by atoms with Crippen molar-refractivity contribution in [2.75, 3.05) is 12.4 Å². The zero-order chi connectivity index (χ0) is 13.0.